The van der Waals surface area contributed by atoms with Crippen molar-refractivity contribution in [2.75, 3.05) is 0 Å². The molecule has 164 valence electrons. The van der Waals surface area contributed by atoms with E-state index in [2.05, 4.69) is 15.0 Å². The molecule has 1 aromatic carbocycles. The van der Waals surface area contributed by atoms with E-state index in [-0.39, 0.29) is 17.4 Å². The van der Waals surface area contributed by atoms with Gasteiger partial charge in [-0.1, -0.05) is 30.3 Å². The van der Waals surface area contributed by atoms with Gasteiger partial charge in [0.1, 0.15) is 0 Å². The van der Waals surface area contributed by atoms with Gasteiger partial charge in [0.15, 0.2) is 0 Å². The molecule has 0 radical (unpaired) electrons. The van der Waals surface area contributed by atoms with E-state index < -0.39 is 5.91 Å². The van der Waals surface area contributed by atoms with E-state index in [9.17, 15) is 4.79 Å². The summed E-state index contributed by atoms with van der Waals surface area (Å²) >= 11 is 0. The molecular formula is C27H19CrN5O. The minimum Gasteiger partial charge on any atom is -0.366 e. The summed E-state index contributed by atoms with van der Waals surface area (Å²) in [6, 6.07) is 21.5. The number of primary amides is 1. The molecule has 7 heteroatoms. The third-order valence-corrected chi connectivity index (χ3v) is 5.66. The summed E-state index contributed by atoms with van der Waals surface area (Å²) in [6.07, 6.45) is 7.78. The first kappa shape index (κ1) is 21.7. The standard InChI is InChI=1S/C27H19N5O.Cr/c28-27(33)26-24-15-22-11-9-20(31-22)13-18-7-6-17(29-18)12-19-8-10-21(30-19)14-23(32-24)25(26)16-4-2-1-3-5-16;/h1-15,29,32H,(H2,28,33);. The Kier molecular flexibility index (Phi) is 5.50. The Morgan fingerprint density at radius 2 is 1.21 bits per heavy atom. The van der Waals surface area contributed by atoms with Crippen LogP contribution in [0.2, 0.25) is 0 Å². The molecule has 8 bridgehead atoms. The number of nitrogens with two attached hydrogens (primary N) is 1. The topological polar surface area (TPSA) is 100 Å². The van der Waals surface area contributed by atoms with Crippen molar-refractivity contribution in [3.8, 4) is 11.1 Å². The minimum absolute atomic E-state index is 0. The number of H-pyrrole nitrogens is 2. The zero-order valence-corrected chi connectivity index (χ0v) is 19.2. The van der Waals surface area contributed by atoms with Crippen LogP contribution in [0.25, 0.3) is 57.5 Å². The summed E-state index contributed by atoms with van der Waals surface area (Å²) in [4.78, 5) is 28.8. The molecule has 0 fully saturated rings. The predicted octanol–water partition coefficient (Wildman–Crippen LogP) is 5.42. The third kappa shape index (κ3) is 3.99. The van der Waals surface area contributed by atoms with Crippen molar-refractivity contribution in [3.05, 3.63) is 95.1 Å². The Morgan fingerprint density at radius 1 is 0.676 bits per heavy atom. The second kappa shape index (κ2) is 8.64. The first-order valence-corrected chi connectivity index (χ1v) is 10.6. The molecule has 5 heterocycles. The average Bonchev–Trinajstić information content (AvgIpc) is 3.58. The summed E-state index contributed by atoms with van der Waals surface area (Å²) in [5.74, 6) is -0.504. The number of aromatic nitrogens is 4. The van der Waals surface area contributed by atoms with E-state index in [1.165, 1.54) is 0 Å². The summed E-state index contributed by atoms with van der Waals surface area (Å²) in [7, 11) is 0. The molecule has 0 unspecified atom stereocenters. The van der Waals surface area contributed by atoms with Crippen molar-refractivity contribution in [3.63, 3.8) is 0 Å². The number of carbonyl (C=O) groups is 1. The normalized spacial score (nSPS) is 11.9. The van der Waals surface area contributed by atoms with E-state index >= 15 is 0 Å². The third-order valence-electron chi connectivity index (χ3n) is 5.66. The molecule has 4 N–H and O–H groups in total. The van der Waals surface area contributed by atoms with Crippen molar-refractivity contribution in [1.29, 1.82) is 0 Å². The van der Waals surface area contributed by atoms with Crippen LogP contribution in [0.4, 0.5) is 0 Å². The van der Waals surface area contributed by atoms with Crippen LogP contribution in [-0.2, 0) is 17.4 Å². The maximum atomic E-state index is 12.6. The Bertz CT molecular complexity index is 1640. The molecule has 0 saturated carbocycles. The monoisotopic (exact) mass is 481 g/mol. The van der Waals surface area contributed by atoms with Crippen LogP contribution in [0.3, 0.4) is 0 Å². The summed E-state index contributed by atoms with van der Waals surface area (Å²) in [6.45, 7) is 0. The first-order chi connectivity index (χ1) is 16.1. The van der Waals surface area contributed by atoms with Crippen LogP contribution in [-0.4, -0.2) is 25.8 Å². The molecule has 0 atom stereocenters. The molecule has 2 aliphatic rings. The Balaban J connectivity index is 0.00000241. The number of carbonyl (C=O) groups excluding carboxylic acids is 1. The predicted molar refractivity (Wildman–Crippen MR) is 133 cm³/mol. The van der Waals surface area contributed by atoms with E-state index in [0.717, 1.165) is 50.5 Å². The van der Waals surface area contributed by atoms with Crippen molar-refractivity contribution < 1.29 is 22.2 Å². The van der Waals surface area contributed by atoms with Gasteiger partial charge in [-0.05, 0) is 66.3 Å². The van der Waals surface area contributed by atoms with E-state index in [1.54, 1.807) is 0 Å². The Hall–Kier alpha value is -4.18. The van der Waals surface area contributed by atoms with Crippen LogP contribution >= 0.6 is 0 Å². The van der Waals surface area contributed by atoms with Gasteiger partial charge in [0.25, 0.3) is 5.91 Å². The van der Waals surface area contributed by atoms with E-state index in [0.29, 0.717) is 11.1 Å². The maximum absolute atomic E-state index is 12.6. The van der Waals surface area contributed by atoms with Crippen LogP contribution in [0.1, 0.15) is 33.1 Å². The molecule has 4 aromatic rings. The molecule has 34 heavy (non-hydrogen) atoms. The van der Waals surface area contributed by atoms with Crippen molar-refractivity contribution in [1.82, 2.24) is 19.9 Å². The molecule has 1 amide bonds. The fourth-order valence-electron chi connectivity index (χ4n) is 4.24. The van der Waals surface area contributed by atoms with Gasteiger partial charge in [0, 0.05) is 39.5 Å². The van der Waals surface area contributed by atoms with Gasteiger partial charge in [-0.15, -0.1) is 0 Å². The van der Waals surface area contributed by atoms with Crippen LogP contribution in [0.5, 0.6) is 0 Å². The zero-order chi connectivity index (χ0) is 22.4. The number of aromatic amines is 2. The van der Waals surface area contributed by atoms with Crippen LogP contribution in [0.15, 0.2) is 66.7 Å². The summed E-state index contributed by atoms with van der Waals surface area (Å²) in [5, 5.41) is 0. The number of hydrogen-bond acceptors (Lipinski definition) is 3. The number of amides is 1. The molecule has 6 rings (SSSR count). The van der Waals surface area contributed by atoms with E-state index in [1.807, 2.05) is 91.0 Å². The first-order valence-electron chi connectivity index (χ1n) is 10.6. The second-order valence-electron chi connectivity index (χ2n) is 7.97. The van der Waals surface area contributed by atoms with Crippen LogP contribution < -0.4 is 5.73 Å². The minimum atomic E-state index is -0.504. The van der Waals surface area contributed by atoms with Gasteiger partial charge in [-0.3, -0.25) is 4.79 Å². The fourth-order valence-corrected chi connectivity index (χ4v) is 4.24. The smallest absolute Gasteiger partial charge is 0.251 e. The largest absolute Gasteiger partial charge is 0.366 e. The number of fused-ring (bicyclic) bond motifs is 8. The molecule has 0 spiro atoms. The average molecular weight is 481 g/mol. The van der Waals surface area contributed by atoms with Crippen molar-refractivity contribution in [2.45, 2.75) is 0 Å². The molecule has 6 nitrogen and oxygen atoms in total. The maximum Gasteiger partial charge on any atom is 0.251 e. The van der Waals surface area contributed by atoms with Gasteiger partial charge in [0.05, 0.1) is 33.9 Å². The van der Waals surface area contributed by atoms with Gasteiger partial charge in [0.2, 0.25) is 0 Å². The quantitative estimate of drug-likeness (QED) is 0.308. The van der Waals surface area contributed by atoms with Gasteiger partial charge < -0.3 is 15.7 Å². The molecule has 2 aliphatic heterocycles. The van der Waals surface area contributed by atoms with Gasteiger partial charge in [-0.2, -0.15) is 0 Å². The fraction of sp³-hybridized carbons (Fsp3) is 0. The molecule has 0 saturated heterocycles. The second-order valence-corrected chi connectivity index (χ2v) is 7.97. The summed E-state index contributed by atoms with van der Waals surface area (Å²) in [5.41, 5.74) is 14.4. The number of nitrogens with zero attached hydrogens (tertiary/aromatic N) is 2. The number of rotatable bonds is 2. The molecular weight excluding hydrogens is 462 g/mol. The summed E-state index contributed by atoms with van der Waals surface area (Å²) < 4.78 is 0. The number of benzene rings is 1. The Morgan fingerprint density at radius 3 is 1.76 bits per heavy atom. The molecule has 0 aliphatic carbocycles. The van der Waals surface area contributed by atoms with Gasteiger partial charge in [-0.25, -0.2) is 9.97 Å². The Labute approximate surface area is 206 Å². The molecule has 3 aromatic heterocycles. The van der Waals surface area contributed by atoms with E-state index in [4.69, 9.17) is 10.7 Å². The number of hydrogen-bond donors (Lipinski definition) is 3. The van der Waals surface area contributed by atoms with Gasteiger partial charge >= 0.3 is 0 Å². The zero-order valence-electron chi connectivity index (χ0n) is 17.9. The number of nitrogens with one attached hydrogen (secondary N) is 2. The van der Waals surface area contributed by atoms with Crippen molar-refractivity contribution >= 4 is 52.3 Å². The van der Waals surface area contributed by atoms with Crippen LogP contribution in [0, 0.1) is 0 Å². The SMILES string of the molecule is NC(=O)c1c(-c2ccccc2)c2cc3nc(cc4ccc(cc5nc(cc1[nH]2)C=C5)[nH]4)C=C3.[Cr]. The van der Waals surface area contributed by atoms with Crippen molar-refractivity contribution in [2.24, 2.45) is 5.73 Å².